The normalized spacial score (nSPS) is 17.4. The first-order valence-electron chi connectivity index (χ1n) is 6.90. The first kappa shape index (κ1) is 16.7. The number of rotatable bonds is 5. The molecule has 0 radical (unpaired) electrons. The fourth-order valence-electron chi connectivity index (χ4n) is 2.50. The summed E-state index contributed by atoms with van der Waals surface area (Å²) in [5, 5.41) is 14.0. The molecule has 0 saturated carbocycles. The van der Waals surface area contributed by atoms with Crippen molar-refractivity contribution in [3.05, 3.63) is 28.3 Å². The number of methoxy groups -OCH3 is 1. The Kier molecular flexibility index (Phi) is 4.99. The van der Waals surface area contributed by atoms with Crippen molar-refractivity contribution in [1.82, 2.24) is 9.62 Å². The van der Waals surface area contributed by atoms with Gasteiger partial charge in [0.25, 0.3) is 0 Å². The van der Waals surface area contributed by atoms with Crippen LogP contribution in [-0.2, 0) is 10.0 Å². The minimum atomic E-state index is -3.67. The molecule has 1 N–H and O–H groups in total. The highest BCUT2D eigenvalue weighted by Crippen LogP contribution is 2.31. The number of nitro groups is 1. The van der Waals surface area contributed by atoms with Crippen LogP contribution in [0.5, 0.6) is 5.75 Å². The third kappa shape index (κ3) is 3.21. The number of nitrogens with zero attached hydrogens (tertiary/aromatic N) is 2. The summed E-state index contributed by atoms with van der Waals surface area (Å²) >= 11 is 0. The Morgan fingerprint density at radius 2 is 2.00 bits per heavy atom. The molecule has 1 aliphatic heterocycles. The van der Waals surface area contributed by atoms with E-state index in [0.717, 1.165) is 18.9 Å². The minimum Gasteiger partial charge on any atom is -0.490 e. The zero-order valence-corrected chi connectivity index (χ0v) is 13.3. The molecule has 2 rings (SSSR count). The largest absolute Gasteiger partial charge is 0.490 e. The summed E-state index contributed by atoms with van der Waals surface area (Å²) in [4.78, 5) is 10.3. The maximum Gasteiger partial charge on any atom is 0.310 e. The number of nitrogens with one attached hydrogen (secondary N) is 1. The quantitative estimate of drug-likeness (QED) is 0.638. The molecule has 1 heterocycles. The Morgan fingerprint density at radius 1 is 1.36 bits per heavy atom. The molecule has 0 unspecified atom stereocenters. The van der Waals surface area contributed by atoms with Crippen LogP contribution < -0.4 is 10.1 Å². The summed E-state index contributed by atoms with van der Waals surface area (Å²) in [7, 11) is -0.534. The van der Waals surface area contributed by atoms with Crippen LogP contribution in [0, 0.1) is 10.1 Å². The number of hydrogen-bond acceptors (Lipinski definition) is 6. The van der Waals surface area contributed by atoms with Crippen molar-refractivity contribution >= 4 is 15.7 Å². The lowest BCUT2D eigenvalue weighted by Gasteiger charge is -2.31. The van der Waals surface area contributed by atoms with Gasteiger partial charge in [0.05, 0.1) is 16.9 Å². The molecule has 1 saturated heterocycles. The Bertz CT molecular complexity index is 654. The zero-order chi connectivity index (χ0) is 16.3. The van der Waals surface area contributed by atoms with Crippen LogP contribution in [-0.4, -0.2) is 50.9 Å². The van der Waals surface area contributed by atoms with Crippen LogP contribution >= 0.6 is 0 Å². The van der Waals surface area contributed by atoms with Crippen LogP contribution in [0.1, 0.15) is 12.8 Å². The van der Waals surface area contributed by atoms with E-state index in [1.54, 1.807) is 0 Å². The van der Waals surface area contributed by atoms with Crippen molar-refractivity contribution in [2.24, 2.45) is 0 Å². The van der Waals surface area contributed by atoms with Crippen LogP contribution in [0.4, 0.5) is 5.69 Å². The first-order chi connectivity index (χ1) is 10.4. The van der Waals surface area contributed by atoms with Gasteiger partial charge in [0.15, 0.2) is 5.75 Å². The van der Waals surface area contributed by atoms with Gasteiger partial charge in [-0.15, -0.1) is 0 Å². The van der Waals surface area contributed by atoms with E-state index in [1.165, 1.54) is 23.5 Å². The Morgan fingerprint density at radius 3 is 2.50 bits per heavy atom. The highest BCUT2D eigenvalue weighted by Gasteiger charge is 2.30. The molecule has 1 aromatic carbocycles. The van der Waals surface area contributed by atoms with Gasteiger partial charge in [0.1, 0.15) is 0 Å². The Balaban J connectivity index is 2.28. The summed E-state index contributed by atoms with van der Waals surface area (Å²) in [6.07, 6.45) is 1.47. The lowest BCUT2D eigenvalue weighted by Crippen LogP contribution is -2.43. The average molecular weight is 329 g/mol. The molecule has 0 aromatic heterocycles. The van der Waals surface area contributed by atoms with Gasteiger partial charge in [-0.05, 0) is 26.0 Å². The Labute approximate surface area is 129 Å². The monoisotopic (exact) mass is 329 g/mol. The molecule has 0 spiro atoms. The third-order valence-electron chi connectivity index (χ3n) is 3.85. The summed E-state index contributed by atoms with van der Waals surface area (Å²) in [5.74, 6) is -0.0591. The SMILES string of the molecule is CNC1CCN(S(=O)(=O)c2ccc([N+](=O)[O-])c(OC)c2)CC1. The molecule has 1 fully saturated rings. The maximum atomic E-state index is 12.6. The van der Waals surface area contributed by atoms with Gasteiger partial charge < -0.3 is 10.1 Å². The topological polar surface area (TPSA) is 102 Å². The highest BCUT2D eigenvalue weighted by atomic mass is 32.2. The second-order valence-electron chi connectivity index (χ2n) is 5.06. The molecule has 122 valence electrons. The van der Waals surface area contributed by atoms with Crippen molar-refractivity contribution in [2.45, 2.75) is 23.8 Å². The first-order valence-corrected chi connectivity index (χ1v) is 8.34. The van der Waals surface area contributed by atoms with Crippen molar-refractivity contribution in [2.75, 3.05) is 27.2 Å². The molecule has 0 aliphatic carbocycles. The van der Waals surface area contributed by atoms with Crippen LogP contribution in [0.15, 0.2) is 23.1 Å². The van der Waals surface area contributed by atoms with E-state index in [0.29, 0.717) is 19.1 Å². The van der Waals surface area contributed by atoms with E-state index in [-0.39, 0.29) is 16.3 Å². The smallest absolute Gasteiger partial charge is 0.310 e. The number of benzene rings is 1. The summed E-state index contributed by atoms with van der Waals surface area (Å²) in [5.41, 5.74) is -0.254. The van der Waals surface area contributed by atoms with Gasteiger partial charge in [-0.25, -0.2) is 8.42 Å². The summed E-state index contributed by atoms with van der Waals surface area (Å²) in [6.45, 7) is 0.848. The third-order valence-corrected chi connectivity index (χ3v) is 5.74. The van der Waals surface area contributed by atoms with Gasteiger partial charge in [0, 0.05) is 31.3 Å². The molecule has 22 heavy (non-hydrogen) atoms. The summed E-state index contributed by atoms with van der Waals surface area (Å²) < 4.78 is 31.6. The average Bonchev–Trinajstić information content (AvgIpc) is 2.54. The lowest BCUT2D eigenvalue weighted by atomic mass is 10.1. The number of nitro benzene ring substituents is 1. The Hall–Kier alpha value is -1.71. The fourth-order valence-corrected chi connectivity index (χ4v) is 3.99. The molecule has 8 nitrogen and oxygen atoms in total. The van der Waals surface area contributed by atoms with Crippen LogP contribution in [0.25, 0.3) is 0 Å². The predicted molar refractivity (Wildman–Crippen MR) is 80.5 cm³/mol. The predicted octanol–water partition coefficient (Wildman–Crippen LogP) is 0.976. The van der Waals surface area contributed by atoms with E-state index in [2.05, 4.69) is 5.32 Å². The number of sulfonamides is 1. The van der Waals surface area contributed by atoms with E-state index < -0.39 is 14.9 Å². The molecule has 1 aliphatic rings. The van der Waals surface area contributed by atoms with Crippen molar-refractivity contribution < 1.29 is 18.1 Å². The minimum absolute atomic E-state index is 0.0119. The second kappa shape index (κ2) is 6.59. The standard InChI is InChI=1S/C13H19N3O5S/c1-14-10-5-7-15(8-6-10)22(19,20)11-3-4-12(16(17)18)13(9-11)21-2/h3-4,9-10,14H,5-8H2,1-2H3. The molecule has 0 bridgehead atoms. The fraction of sp³-hybridized carbons (Fsp3) is 0.538. The summed E-state index contributed by atoms with van der Waals surface area (Å²) in [6, 6.07) is 3.93. The van der Waals surface area contributed by atoms with E-state index >= 15 is 0 Å². The van der Waals surface area contributed by atoms with Crippen molar-refractivity contribution in [1.29, 1.82) is 0 Å². The number of hydrogen-bond donors (Lipinski definition) is 1. The lowest BCUT2D eigenvalue weighted by molar-refractivity contribution is -0.385. The molecular formula is C13H19N3O5S. The van der Waals surface area contributed by atoms with E-state index in [4.69, 9.17) is 4.74 Å². The van der Waals surface area contributed by atoms with Gasteiger partial charge in [-0.1, -0.05) is 0 Å². The molecule has 0 amide bonds. The van der Waals surface area contributed by atoms with Crippen LogP contribution in [0.3, 0.4) is 0 Å². The van der Waals surface area contributed by atoms with E-state index in [9.17, 15) is 18.5 Å². The highest BCUT2D eigenvalue weighted by molar-refractivity contribution is 7.89. The maximum absolute atomic E-state index is 12.6. The van der Waals surface area contributed by atoms with Gasteiger partial charge in [-0.2, -0.15) is 4.31 Å². The van der Waals surface area contributed by atoms with Gasteiger partial charge in [-0.3, -0.25) is 10.1 Å². The molecule has 1 aromatic rings. The zero-order valence-electron chi connectivity index (χ0n) is 12.5. The molecular weight excluding hydrogens is 310 g/mol. The molecule has 0 atom stereocenters. The number of ether oxygens (including phenoxy) is 1. The van der Waals surface area contributed by atoms with Gasteiger partial charge >= 0.3 is 5.69 Å². The number of piperidine rings is 1. The van der Waals surface area contributed by atoms with Gasteiger partial charge in [0.2, 0.25) is 10.0 Å². The van der Waals surface area contributed by atoms with Crippen molar-refractivity contribution in [3.63, 3.8) is 0 Å². The van der Waals surface area contributed by atoms with E-state index in [1.807, 2.05) is 7.05 Å². The van der Waals surface area contributed by atoms with Crippen LogP contribution in [0.2, 0.25) is 0 Å². The van der Waals surface area contributed by atoms with Crippen molar-refractivity contribution in [3.8, 4) is 5.75 Å². The molecule has 9 heteroatoms. The second-order valence-corrected chi connectivity index (χ2v) is 7.00.